The van der Waals surface area contributed by atoms with Gasteiger partial charge in [0.25, 0.3) is 0 Å². The number of nitrogens with zero attached hydrogens (tertiary/aromatic N) is 2. The fourth-order valence-electron chi connectivity index (χ4n) is 1.21. The van der Waals surface area contributed by atoms with Gasteiger partial charge in [-0.15, -0.1) is 0 Å². The van der Waals surface area contributed by atoms with E-state index in [1.54, 1.807) is 0 Å². The minimum absolute atomic E-state index is 0.883. The second kappa shape index (κ2) is 2.92. The van der Waals surface area contributed by atoms with Crippen LogP contribution in [-0.4, -0.2) is 9.78 Å². The third-order valence-corrected chi connectivity index (χ3v) is 1.83. The first kappa shape index (κ1) is 8.07. The molecule has 0 aliphatic carbocycles. The van der Waals surface area contributed by atoms with Gasteiger partial charge in [-0.05, 0) is 20.8 Å². The quantitative estimate of drug-likeness (QED) is 0.489. The summed E-state index contributed by atoms with van der Waals surface area (Å²) in [5.41, 5.74) is 5.61. The Labute approximate surface area is 66.4 Å². The molecular formula is C7H14N4. The van der Waals surface area contributed by atoms with Crippen molar-refractivity contribution in [3.8, 4) is 0 Å². The first-order chi connectivity index (χ1) is 5.20. The summed E-state index contributed by atoms with van der Waals surface area (Å²) in [6, 6.07) is 0. The molecule has 0 aromatic carbocycles. The smallest absolute Gasteiger partial charge is 0.0927 e. The van der Waals surface area contributed by atoms with Gasteiger partial charge in [-0.25, -0.2) is 0 Å². The summed E-state index contributed by atoms with van der Waals surface area (Å²) in [7, 11) is 0. The second-order valence-electron chi connectivity index (χ2n) is 2.51. The van der Waals surface area contributed by atoms with Gasteiger partial charge >= 0.3 is 0 Å². The number of hydrogen-bond acceptors (Lipinski definition) is 3. The lowest BCUT2D eigenvalue weighted by atomic mass is 10.3. The highest BCUT2D eigenvalue weighted by Crippen LogP contribution is 2.17. The van der Waals surface area contributed by atoms with E-state index in [1.165, 1.54) is 0 Å². The fourth-order valence-corrected chi connectivity index (χ4v) is 1.21. The van der Waals surface area contributed by atoms with Gasteiger partial charge in [0.2, 0.25) is 0 Å². The number of rotatable bonds is 2. The van der Waals surface area contributed by atoms with Crippen LogP contribution in [0.5, 0.6) is 0 Å². The van der Waals surface area contributed by atoms with Crippen LogP contribution in [-0.2, 0) is 6.54 Å². The predicted octanol–water partition coefficient (Wildman–Crippen LogP) is 0.805. The van der Waals surface area contributed by atoms with Crippen molar-refractivity contribution in [1.82, 2.24) is 9.78 Å². The Morgan fingerprint density at radius 2 is 2.18 bits per heavy atom. The van der Waals surface area contributed by atoms with Crippen LogP contribution in [0.4, 0.5) is 5.69 Å². The van der Waals surface area contributed by atoms with E-state index in [4.69, 9.17) is 5.84 Å². The molecule has 1 aromatic heterocycles. The molecule has 0 fully saturated rings. The Kier molecular flexibility index (Phi) is 2.14. The molecule has 0 amide bonds. The molecule has 1 heterocycles. The highest BCUT2D eigenvalue weighted by atomic mass is 15.3. The molecule has 3 N–H and O–H groups in total. The van der Waals surface area contributed by atoms with Crippen molar-refractivity contribution in [3.05, 3.63) is 11.4 Å². The standard InChI is InChI=1S/C7H14N4/c1-4-11-6(3)7(9-8)5(2)10-11/h9H,4,8H2,1-3H3. The topological polar surface area (TPSA) is 55.9 Å². The molecule has 0 atom stereocenters. The van der Waals surface area contributed by atoms with Crippen molar-refractivity contribution < 1.29 is 0 Å². The molecule has 11 heavy (non-hydrogen) atoms. The van der Waals surface area contributed by atoms with Gasteiger partial charge in [0.05, 0.1) is 17.1 Å². The van der Waals surface area contributed by atoms with Crippen LogP contribution >= 0.6 is 0 Å². The van der Waals surface area contributed by atoms with Crippen LogP contribution in [0.25, 0.3) is 0 Å². The van der Waals surface area contributed by atoms with Gasteiger partial charge in [-0.1, -0.05) is 0 Å². The van der Waals surface area contributed by atoms with Gasteiger partial charge in [0, 0.05) is 6.54 Å². The molecule has 0 radical (unpaired) electrons. The average Bonchev–Trinajstić information content (AvgIpc) is 2.26. The summed E-state index contributed by atoms with van der Waals surface area (Å²) in [4.78, 5) is 0. The number of aryl methyl sites for hydroxylation is 2. The molecular weight excluding hydrogens is 140 g/mol. The lowest BCUT2D eigenvalue weighted by Gasteiger charge is -2.00. The molecule has 4 nitrogen and oxygen atoms in total. The van der Waals surface area contributed by atoms with Crippen LogP contribution in [0.15, 0.2) is 0 Å². The van der Waals surface area contributed by atoms with Gasteiger partial charge in [-0.3, -0.25) is 10.5 Å². The summed E-state index contributed by atoms with van der Waals surface area (Å²) >= 11 is 0. The van der Waals surface area contributed by atoms with Crippen LogP contribution < -0.4 is 11.3 Å². The highest BCUT2D eigenvalue weighted by Gasteiger charge is 2.07. The average molecular weight is 154 g/mol. The zero-order chi connectivity index (χ0) is 8.43. The Morgan fingerprint density at radius 1 is 1.55 bits per heavy atom. The Hall–Kier alpha value is -1.03. The van der Waals surface area contributed by atoms with Crippen LogP contribution in [0, 0.1) is 13.8 Å². The monoisotopic (exact) mass is 154 g/mol. The van der Waals surface area contributed by atoms with Crippen molar-refractivity contribution in [2.75, 3.05) is 5.43 Å². The van der Waals surface area contributed by atoms with E-state index in [-0.39, 0.29) is 0 Å². The maximum absolute atomic E-state index is 5.32. The molecule has 0 spiro atoms. The molecule has 1 aromatic rings. The number of hydrazine groups is 1. The summed E-state index contributed by atoms with van der Waals surface area (Å²) in [5.74, 6) is 5.32. The van der Waals surface area contributed by atoms with Crippen LogP contribution in [0.1, 0.15) is 18.3 Å². The minimum Gasteiger partial charge on any atom is -0.321 e. The maximum atomic E-state index is 5.32. The first-order valence-electron chi connectivity index (χ1n) is 3.71. The van der Waals surface area contributed by atoms with Gasteiger partial charge < -0.3 is 5.43 Å². The van der Waals surface area contributed by atoms with E-state index >= 15 is 0 Å². The molecule has 0 aliphatic rings. The van der Waals surface area contributed by atoms with Crippen molar-refractivity contribution in [3.63, 3.8) is 0 Å². The zero-order valence-electron chi connectivity index (χ0n) is 7.18. The van der Waals surface area contributed by atoms with Gasteiger partial charge in [-0.2, -0.15) is 5.10 Å². The van der Waals surface area contributed by atoms with Crippen LogP contribution in [0.2, 0.25) is 0 Å². The van der Waals surface area contributed by atoms with Crippen molar-refractivity contribution in [1.29, 1.82) is 0 Å². The third kappa shape index (κ3) is 1.21. The molecule has 0 unspecified atom stereocenters. The summed E-state index contributed by atoms with van der Waals surface area (Å²) in [6.07, 6.45) is 0. The van der Waals surface area contributed by atoms with E-state index in [2.05, 4.69) is 17.4 Å². The molecule has 0 saturated carbocycles. The van der Waals surface area contributed by atoms with Gasteiger partial charge in [0.1, 0.15) is 0 Å². The van der Waals surface area contributed by atoms with E-state index in [0.29, 0.717) is 0 Å². The molecule has 62 valence electrons. The summed E-state index contributed by atoms with van der Waals surface area (Å²) < 4.78 is 1.92. The van der Waals surface area contributed by atoms with Crippen LogP contribution in [0.3, 0.4) is 0 Å². The lowest BCUT2D eigenvalue weighted by molar-refractivity contribution is 0.634. The van der Waals surface area contributed by atoms with E-state index in [1.807, 2.05) is 18.5 Å². The molecule has 0 aliphatic heterocycles. The Bertz CT molecular complexity index is 251. The fraction of sp³-hybridized carbons (Fsp3) is 0.571. The van der Waals surface area contributed by atoms with Crippen molar-refractivity contribution >= 4 is 5.69 Å². The first-order valence-corrected chi connectivity index (χ1v) is 3.71. The maximum Gasteiger partial charge on any atom is 0.0927 e. The Morgan fingerprint density at radius 3 is 2.45 bits per heavy atom. The molecule has 1 rings (SSSR count). The Balaban J connectivity index is 3.14. The molecule has 0 saturated heterocycles. The number of aromatic nitrogens is 2. The van der Waals surface area contributed by atoms with E-state index < -0.39 is 0 Å². The largest absolute Gasteiger partial charge is 0.321 e. The van der Waals surface area contributed by atoms with E-state index in [9.17, 15) is 0 Å². The highest BCUT2D eigenvalue weighted by molar-refractivity contribution is 5.50. The number of anilines is 1. The summed E-state index contributed by atoms with van der Waals surface area (Å²) in [5, 5.41) is 4.27. The minimum atomic E-state index is 0.883. The molecule has 0 bridgehead atoms. The molecule has 4 heteroatoms. The lowest BCUT2D eigenvalue weighted by Crippen LogP contribution is -2.08. The number of nitrogens with one attached hydrogen (secondary N) is 1. The third-order valence-electron chi connectivity index (χ3n) is 1.83. The number of nitrogen functional groups attached to an aromatic ring is 1. The normalized spacial score (nSPS) is 10.2. The number of nitrogens with two attached hydrogens (primary N) is 1. The summed E-state index contributed by atoms with van der Waals surface area (Å²) in [6.45, 7) is 6.88. The predicted molar refractivity (Wildman–Crippen MR) is 45.2 cm³/mol. The zero-order valence-corrected chi connectivity index (χ0v) is 7.18. The van der Waals surface area contributed by atoms with Crippen molar-refractivity contribution in [2.24, 2.45) is 5.84 Å². The second-order valence-corrected chi connectivity index (χ2v) is 2.51. The van der Waals surface area contributed by atoms with E-state index in [0.717, 1.165) is 23.6 Å². The van der Waals surface area contributed by atoms with Crippen molar-refractivity contribution in [2.45, 2.75) is 27.3 Å². The SMILES string of the molecule is CCn1nc(C)c(NN)c1C. The number of hydrogen-bond donors (Lipinski definition) is 2. The van der Waals surface area contributed by atoms with Gasteiger partial charge in [0.15, 0.2) is 0 Å².